The molecule has 116 valence electrons. The van der Waals surface area contributed by atoms with Crippen molar-refractivity contribution in [1.82, 2.24) is 10.9 Å². The normalized spacial score (nSPS) is 10.0. The highest BCUT2D eigenvalue weighted by atomic mass is 16.5. The van der Waals surface area contributed by atoms with Crippen LogP contribution in [0.4, 0.5) is 0 Å². The Labute approximate surface area is 126 Å². The molecule has 1 rings (SSSR count). The Hall–Kier alpha value is -2.04. The van der Waals surface area contributed by atoms with Gasteiger partial charge in [0.15, 0.2) is 6.61 Å². The number of hydrazine groups is 1. The minimum Gasteiger partial charge on any atom is -0.483 e. The molecule has 0 saturated carbocycles. The molecule has 0 radical (unpaired) electrons. The molecule has 0 heterocycles. The van der Waals surface area contributed by atoms with E-state index in [1.165, 1.54) is 0 Å². The number of carbonyl (C=O) groups is 2. The van der Waals surface area contributed by atoms with Crippen molar-refractivity contribution >= 4 is 11.8 Å². The third-order valence-corrected chi connectivity index (χ3v) is 3.26. The van der Waals surface area contributed by atoms with Gasteiger partial charge in [-0.1, -0.05) is 31.9 Å². The number of hydrogen-bond donors (Lipinski definition) is 2. The van der Waals surface area contributed by atoms with E-state index < -0.39 is 0 Å². The van der Waals surface area contributed by atoms with E-state index in [0.717, 1.165) is 30.4 Å². The number of ether oxygens (including phenoxy) is 1. The largest absolute Gasteiger partial charge is 0.483 e. The number of unbranched alkanes of at least 4 members (excludes halogenated alkanes) is 2. The van der Waals surface area contributed by atoms with Gasteiger partial charge in [-0.05, 0) is 37.5 Å². The molecule has 5 heteroatoms. The molecule has 0 spiro atoms. The van der Waals surface area contributed by atoms with Gasteiger partial charge in [0.1, 0.15) is 5.75 Å². The summed E-state index contributed by atoms with van der Waals surface area (Å²) in [5, 5.41) is 0. The zero-order chi connectivity index (χ0) is 15.7. The summed E-state index contributed by atoms with van der Waals surface area (Å²) in [6.45, 7) is 5.88. The van der Waals surface area contributed by atoms with E-state index in [1.807, 2.05) is 32.0 Å². The maximum Gasteiger partial charge on any atom is 0.276 e. The summed E-state index contributed by atoms with van der Waals surface area (Å²) in [6.07, 6.45) is 3.32. The molecule has 0 aliphatic carbocycles. The fraction of sp³-hybridized carbons (Fsp3) is 0.500. The second-order valence-corrected chi connectivity index (χ2v) is 5.04. The van der Waals surface area contributed by atoms with E-state index in [2.05, 4.69) is 17.8 Å². The lowest BCUT2D eigenvalue weighted by Gasteiger charge is -2.11. The molecule has 0 fully saturated rings. The minimum atomic E-state index is -0.375. The summed E-state index contributed by atoms with van der Waals surface area (Å²) >= 11 is 0. The van der Waals surface area contributed by atoms with Crippen LogP contribution in [0.2, 0.25) is 0 Å². The second-order valence-electron chi connectivity index (χ2n) is 5.04. The monoisotopic (exact) mass is 292 g/mol. The molecule has 2 N–H and O–H groups in total. The molecule has 0 aromatic heterocycles. The van der Waals surface area contributed by atoms with E-state index >= 15 is 0 Å². The van der Waals surface area contributed by atoms with Gasteiger partial charge in [-0.25, -0.2) is 0 Å². The quantitative estimate of drug-likeness (QED) is 0.599. The lowest BCUT2D eigenvalue weighted by molar-refractivity contribution is -0.130. The SMILES string of the molecule is CCCCCC(=O)NNC(=O)COc1cccc(C)c1C. The number of carbonyl (C=O) groups excluding carboxylic acids is 2. The number of nitrogens with one attached hydrogen (secondary N) is 2. The van der Waals surface area contributed by atoms with Crippen LogP contribution in [0.1, 0.15) is 43.7 Å². The van der Waals surface area contributed by atoms with Gasteiger partial charge in [-0.3, -0.25) is 20.4 Å². The first-order chi connectivity index (χ1) is 10.0. The van der Waals surface area contributed by atoms with E-state index in [4.69, 9.17) is 4.74 Å². The zero-order valence-corrected chi connectivity index (χ0v) is 13.0. The topological polar surface area (TPSA) is 67.4 Å². The molecule has 1 aromatic carbocycles. The molecular formula is C16H24N2O3. The van der Waals surface area contributed by atoms with E-state index in [-0.39, 0.29) is 18.4 Å². The fourth-order valence-electron chi connectivity index (χ4n) is 1.80. The maximum atomic E-state index is 11.6. The summed E-state index contributed by atoms with van der Waals surface area (Å²) < 4.78 is 5.45. The number of benzene rings is 1. The summed E-state index contributed by atoms with van der Waals surface area (Å²) in [5.74, 6) is 0.128. The third-order valence-electron chi connectivity index (χ3n) is 3.26. The molecule has 0 aliphatic rings. The van der Waals surface area contributed by atoms with Crippen LogP contribution in [0.5, 0.6) is 5.75 Å². The van der Waals surface area contributed by atoms with Crippen molar-refractivity contribution in [2.24, 2.45) is 0 Å². The summed E-state index contributed by atoms with van der Waals surface area (Å²) in [4.78, 5) is 23.0. The Morgan fingerprint density at radius 2 is 1.81 bits per heavy atom. The van der Waals surface area contributed by atoms with Gasteiger partial charge in [-0.2, -0.15) is 0 Å². The first kappa shape index (κ1) is 17.0. The summed E-state index contributed by atoms with van der Waals surface area (Å²) in [7, 11) is 0. The third kappa shape index (κ3) is 6.29. The lowest BCUT2D eigenvalue weighted by Crippen LogP contribution is -2.43. The summed E-state index contributed by atoms with van der Waals surface area (Å²) in [6, 6.07) is 5.68. The Morgan fingerprint density at radius 1 is 1.10 bits per heavy atom. The minimum absolute atomic E-state index is 0.125. The van der Waals surface area contributed by atoms with Gasteiger partial charge >= 0.3 is 0 Å². The average Bonchev–Trinajstić information content (AvgIpc) is 2.47. The molecule has 2 amide bonds. The van der Waals surface area contributed by atoms with Crippen molar-refractivity contribution in [3.8, 4) is 5.75 Å². The highest BCUT2D eigenvalue weighted by molar-refractivity contribution is 5.82. The van der Waals surface area contributed by atoms with Crippen LogP contribution in [-0.2, 0) is 9.59 Å². The van der Waals surface area contributed by atoms with Gasteiger partial charge in [0, 0.05) is 6.42 Å². The molecular weight excluding hydrogens is 268 g/mol. The van der Waals surface area contributed by atoms with Crippen molar-refractivity contribution in [2.45, 2.75) is 46.5 Å². The molecule has 1 aromatic rings. The van der Waals surface area contributed by atoms with Crippen LogP contribution < -0.4 is 15.6 Å². The van der Waals surface area contributed by atoms with Crippen LogP contribution in [0, 0.1) is 13.8 Å². The average molecular weight is 292 g/mol. The van der Waals surface area contributed by atoms with Crippen LogP contribution in [0.3, 0.4) is 0 Å². The highest BCUT2D eigenvalue weighted by Crippen LogP contribution is 2.20. The first-order valence-corrected chi connectivity index (χ1v) is 7.31. The summed E-state index contributed by atoms with van der Waals surface area (Å²) in [5.41, 5.74) is 6.85. The standard InChI is InChI=1S/C16H24N2O3/c1-4-5-6-10-15(19)17-18-16(20)11-21-14-9-7-8-12(2)13(14)3/h7-9H,4-6,10-11H2,1-3H3,(H,17,19)(H,18,20). The van der Waals surface area contributed by atoms with Crippen molar-refractivity contribution < 1.29 is 14.3 Å². The van der Waals surface area contributed by atoms with Gasteiger partial charge in [0.25, 0.3) is 5.91 Å². The van der Waals surface area contributed by atoms with E-state index in [9.17, 15) is 9.59 Å². The van der Waals surface area contributed by atoms with E-state index in [0.29, 0.717) is 12.2 Å². The molecule has 0 aliphatic heterocycles. The molecule has 0 saturated heterocycles. The number of hydrogen-bond acceptors (Lipinski definition) is 3. The Bertz CT molecular complexity index is 486. The van der Waals surface area contributed by atoms with Gasteiger partial charge in [0.05, 0.1) is 0 Å². The maximum absolute atomic E-state index is 11.6. The highest BCUT2D eigenvalue weighted by Gasteiger charge is 2.07. The Morgan fingerprint density at radius 3 is 2.52 bits per heavy atom. The van der Waals surface area contributed by atoms with Crippen molar-refractivity contribution in [3.63, 3.8) is 0 Å². The zero-order valence-electron chi connectivity index (χ0n) is 13.0. The fourth-order valence-corrected chi connectivity index (χ4v) is 1.80. The van der Waals surface area contributed by atoms with Gasteiger partial charge < -0.3 is 4.74 Å². The van der Waals surface area contributed by atoms with Crippen LogP contribution in [-0.4, -0.2) is 18.4 Å². The number of aryl methyl sites for hydroxylation is 1. The van der Waals surface area contributed by atoms with Crippen molar-refractivity contribution in [1.29, 1.82) is 0 Å². The number of amides is 2. The predicted octanol–water partition coefficient (Wildman–Crippen LogP) is 2.41. The molecule has 0 unspecified atom stereocenters. The first-order valence-electron chi connectivity index (χ1n) is 7.31. The van der Waals surface area contributed by atoms with E-state index in [1.54, 1.807) is 0 Å². The molecule has 0 atom stereocenters. The van der Waals surface area contributed by atoms with Gasteiger partial charge in [0.2, 0.25) is 5.91 Å². The smallest absolute Gasteiger partial charge is 0.276 e. The van der Waals surface area contributed by atoms with Crippen LogP contribution in [0.15, 0.2) is 18.2 Å². The number of rotatable bonds is 7. The van der Waals surface area contributed by atoms with Gasteiger partial charge in [-0.15, -0.1) is 0 Å². The van der Waals surface area contributed by atoms with Crippen molar-refractivity contribution in [2.75, 3.05) is 6.61 Å². The predicted molar refractivity (Wildman–Crippen MR) is 81.8 cm³/mol. The molecule has 21 heavy (non-hydrogen) atoms. The lowest BCUT2D eigenvalue weighted by atomic mass is 10.1. The molecule has 0 bridgehead atoms. The van der Waals surface area contributed by atoms with Crippen LogP contribution in [0.25, 0.3) is 0 Å². The molecule has 5 nitrogen and oxygen atoms in total. The van der Waals surface area contributed by atoms with Crippen molar-refractivity contribution in [3.05, 3.63) is 29.3 Å². The second kappa shape index (κ2) is 9.00. The van der Waals surface area contributed by atoms with Crippen LogP contribution >= 0.6 is 0 Å². The Balaban J connectivity index is 2.28. The Kier molecular flexibility index (Phi) is 7.29.